The Morgan fingerprint density at radius 2 is 1.93 bits per heavy atom. The molecule has 1 heterocycles. The number of morpholine rings is 1. The van der Waals surface area contributed by atoms with Gasteiger partial charge in [-0.05, 0) is 29.8 Å². The van der Waals surface area contributed by atoms with Crippen LogP contribution in [-0.4, -0.2) is 49.9 Å². The van der Waals surface area contributed by atoms with E-state index in [9.17, 15) is 4.79 Å². The zero-order chi connectivity index (χ0) is 18.9. The van der Waals surface area contributed by atoms with Crippen LogP contribution in [0.5, 0.6) is 5.75 Å². The van der Waals surface area contributed by atoms with Crippen LogP contribution in [0.1, 0.15) is 11.1 Å². The Bertz CT molecular complexity index is 774. The summed E-state index contributed by atoms with van der Waals surface area (Å²) in [5.74, 6) is 0.548. The minimum atomic E-state index is -0.146. The van der Waals surface area contributed by atoms with Gasteiger partial charge in [0.15, 0.2) is 0 Å². The van der Waals surface area contributed by atoms with Gasteiger partial charge in [-0.25, -0.2) is 5.43 Å². The van der Waals surface area contributed by atoms with Gasteiger partial charge < -0.3 is 9.47 Å². The molecule has 0 spiro atoms. The van der Waals surface area contributed by atoms with Gasteiger partial charge in [-0.2, -0.15) is 5.10 Å². The molecule has 1 saturated heterocycles. The maximum Gasteiger partial charge on any atom is 0.254 e. The molecule has 1 fully saturated rings. The second-order valence-corrected chi connectivity index (χ2v) is 6.57. The van der Waals surface area contributed by atoms with Gasteiger partial charge in [0.1, 0.15) is 12.4 Å². The summed E-state index contributed by atoms with van der Waals surface area (Å²) in [4.78, 5) is 14.0. The molecular formula is C20H22ClN3O3. The lowest BCUT2D eigenvalue weighted by Gasteiger charge is -2.25. The van der Waals surface area contributed by atoms with Crippen molar-refractivity contribution in [2.75, 3.05) is 32.8 Å². The molecule has 0 bridgehead atoms. The van der Waals surface area contributed by atoms with E-state index in [0.29, 0.717) is 37.1 Å². The largest absolute Gasteiger partial charge is 0.488 e. The van der Waals surface area contributed by atoms with Gasteiger partial charge in [0.2, 0.25) is 0 Å². The van der Waals surface area contributed by atoms with Crippen molar-refractivity contribution in [3.05, 3.63) is 64.7 Å². The first kappa shape index (κ1) is 19.4. The number of benzene rings is 2. The van der Waals surface area contributed by atoms with Crippen molar-refractivity contribution in [1.29, 1.82) is 0 Å². The Balaban J connectivity index is 1.52. The number of carbonyl (C=O) groups is 1. The molecule has 3 rings (SSSR count). The summed E-state index contributed by atoms with van der Waals surface area (Å²) in [5.41, 5.74) is 4.37. The van der Waals surface area contributed by atoms with Gasteiger partial charge in [-0.3, -0.25) is 9.69 Å². The minimum absolute atomic E-state index is 0.146. The van der Waals surface area contributed by atoms with E-state index in [1.54, 1.807) is 6.21 Å². The average molecular weight is 388 g/mol. The molecule has 1 aliphatic rings. The summed E-state index contributed by atoms with van der Waals surface area (Å²) in [5, 5.41) is 4.75. The van der Waals surface area contributed by atoms with Crippen LogP contribution in [0.25, 0.3) is 0 Å². The van der Waals surface area contributed by atoms with Gasteiger partial charge in [-0.15, -0.1) is 0 Å². The fourth-order valence-corrected chi connectivity index (χ4v) is 2.76. The van der Waals surface area contributed by atoms with E-state index in [2.05, 4.69) is 10.5 Å². The molecule has 7 heteroatoms. The Hall–Kier alpha value is -2.41. The summed E-state index contributed by atoms with van der Waals surface area (Å²) < 4.78 is 11.1. The third kappa shape index (κ3) is 6.36. The third-order valence-corrected chi connectivity index (χ3v) is 4.34. The smallest absolute Gasteiger partial charge is 0.254 e. The van der Waals surface area contributed by atoms with E-state index in [0.717, 1.165) is 24.2 Å². The maximum atomic E-state index is 12.0. The van der Waals surface area contributed by atoms with E-state index in [1.165, 1.54) is 0 Å². The number of hydrogen-bond donors (Lipinski definition) is 1. The van der Waals surface area contributed by atoms with E-state index in [-0.39, 0.29) is 5.91 Å². The standard InChI is InChI=1S/C20H22ClN3O3/c21-18-7-5-16(6-8-18)15-27-19-4-2-1-3-17(19)13-22-23-20(25)14-24-9-11-26-12-10-24/h1-8,13H,9-12,14-15H2,(H,23,25)/b22-13-. The predicted octanol–water partition coefficient (Wildman–Crippen LogP) is 2.70. The number of rotatable bonds is 7. The van der Waals surface area contributed by atoms with Crippen molar-refractivity contribution < 1.29 is 14.3 Å². The molecule has 0 saturated carbocycles. The number of carbonyl (C=O) groups excluding carboxylic acids is 1. The molecule has 0 aromatic heterocycles. The molecule has 1 amide bonds. The first-order chi connectivity index (χ1) is 13.2. The number of hydrazone groups is 1. The van der Waals surface area contributed by atoms with Crippen molar-refractivity contribution >= 4 is 23.7 Å². The van der Waals surface area contributed by atoms with Gasteiger partial charge in [0.05, 0.1) is 26.0 Å². The Morgan fingerprint density at radius 3 is 2.70 bits per heavy atom. The van der Waals surface area contributed by atoms with Crippen molar-refractivity contribution in [3.63, 3.8) is 0 Å². The lowest BCUT2D eigenvalue weighted by molar-refractivity contribution is -0.123. The third-order valence-electron chi connectivity index (χ3n) is 4.09. The Labute approximate surface area is 163 Å². The van der Waals surface area contributed by atoms with E-state index >= 15 is 0 Å². The van der Waals surface area contributed by atoms with Crippen molar-refractivity contribution in [2.24, 2.45) is 5.10 Å². The summed E-state index contributed by atoms with van der Waals surface area (Å²) in [7, 11) is 0. The first-order valence-electron chi connectivity index (χ1n) is 8.79. The number of halogens is 1. The number of nitrogens with zero attached hydrogens (tertiary/aromatic N) is 2. The lowest BCUT2D eigenvalue weighted by atomic mass is 10.2. The number of nitrogens with one attached hydrogen (secondary N) is 1. The number of hydrogen-bond acceptors (Lipinski definition) is 5. The average Bonchev–Trinajstić information content (AvgIpc) is 2.69. The minimum Gasteiger partial charge on any atom is -0.488 e. The Morgan fingerprint density at radius 1 is 1.19 bits per heavy atom. The summed E-state index contributed by atoms with van der Waals surface area (Å²) >= 11 is 5.90. The molecule has 1 aliphatic heterocycles. The predicted molar refractivity (Wildman–Crippen MR) is 105 cm³/mol. The second kappa shape index (κ2) is 10.1. The molecule has 0 aliphatic carbocycles. The van der Waals surface area contributed by atoms with Crippen molar-refractivity contribution in [3.8, 4) is 5.75 Å². The normalized spacial score (nSPS) is 15.0. The number of para-hydroxylation sites is 1. The summed E-state index contributed by atoms with van der Waals surface area (Å²) in [6.45, 7) is 3.58. The van der Waals surface area contributed by atoms with Crippen LogP contribution in [-0.2, 0) is 16.1 Å². The number of amides is 1. The van der Waals surface area contributed by atoms with Gasteiger partial charge in [0.25, 0.3) is 5.91 Å². The molecule has 0 atom stereocenters. The Kier molecular flexibility index (Phi) is 7.21. The van der Waals surface area contributed by atoms with Gasteiger partial charge in [-0.1, -0.05) is 35.9 Å². The van der Waals surface area contributed by atoms with Crippen LogP contribution in [0.4, 0.5) is 0 Å². The highest BCUT2D eigenvalue weighted by Gasteiger charge is 2.13. The molecule has 2 aromatic carbocycles. The SMILES string of the molecule is O=C(CN1CCOCC1)N/N=C\c1ccccc1OCc1ccc(Cl)cc1. The molecule has 1 N–H and O–H groups in total. The monoisotopic (exact) mass is 387 g/mol. The molecular weight excluding hydrogens is 366 g/mol. The van der Waals surface area contributed by atoms with E-state index in [4.69, 9.17) is 21.1 Å². The fraction of sp³-hybridized carbons (Fsp3) is 0.300. The van der Waals surface area contributed by atoms with Crippen LogP contribution in [0.2, 0.25) is 5.02 Å². The van der Waals surface area contributed by atoms with Crippen LogP contribution in [0, 0.1) is 0 Å². The number of ether oxygens (including phenoxy) is 2. The van der Waals surface area contributed by atoms with E-state index < -0.39 is 0 Å². The first-order valence-corrected chi connectivity index (χ1v) is 9.17. The maximum absolute atomic E-state index is 12.0. The molecule has 0 unspecified atom stereocenters. The summed E-state index contributed by atoms with van der Waals surface area (Å²) in [6, 6.07) is 15.0. The van der Waals surface area contributed by atoms with Gasteiger partial charge in [0, 0.05) is 23.7 Å². The molecule has 27 heavy (non-hydrogen) atoms. The highest BCUT2D eigenvalue weighted by Crippen LogP contribution is 2.18. The van der Waals surface area contributed by atoms with E-state index in [1.807, 2.05) is 53.4 Å². The van der Waals surface area contributed by atoms with Crippen LogP contribution in [0.3, 0.4) is 0 Å². The topological polar surface area (TPSA) is 63.2 Å². The molecule has 0 radical (unpaired) electrons. The zero-order valence-electron chi connectivity index (χ0n) is 14.9. The highest BCUT2D eigenvalue weighted by atomic mass is 35.5. The zero-order valence-corrected chi connectivity index (χ0v) is 15.7. The summed E-state index contributed by atoms with van der Waals surface area (Å²) in [6.07, 6.45) is 1.59. The molecule has 2 aromatic rings. The lowest BCUT2D eigenvalue weighted by Crippen LogP contribution is -2.42. The fourth-order valence-electron chi connectivity index (χ4n) is 2.63. The second-order valence-electron chi connectivity index (χ2n) is 6.13. The van der Waals surface area contributed by atoms with Crippen molar-refractivity contribution in [1.82, 2.24) is 10.3 Å². The quantitative estimate of drug-likeness (QED) is 0.586. The van der Waals surface area contributed by atoms with Crippen LogP contribution in [0.15, 0.2) is 53.6 Å². The van der Waals surface area contributed by atoms with Gasteiger partial charge >= 0.3 is 0 Å². The van der Waals surface area contributed by atoms with Crippen molar-refractivity contribution in [2.45, 2.75) is 6.61 Å². The molecule has 142 valence electrons. The van der Waals surface area contributed by atoms with Crippen LogP contribution < -0.4 is 10.2 Å². The van der Waals surface area contributed by atoms with Crippen LogP contribution >= 0.6 is 11.6 Å². The highest BCUT2D eigenvalue weighted by molar-refractivity contribution is 6.30. The molecule has 6 nitrogen and oxygen atoms in total.